The summed E-state index contributed by atoms with van der Waals surface area (Å²) in [6, 6.07) is 7.55. The molecule has 1 aliphatic heterocycles. The molecule has 1 fully saturated rings. The number of fused-ring (bicyclic) bond motifs is 1. The zero-order chi connectivity index (χ0) is 11.0. The van der Waals surface area contributed by atoms with Gasteiger partial charge in [0.2, 0.25) is 0 Å². The number of hydrogen-bond donors (Lipinski definition) is 1. The predicted molar refractivity (Wildman–Crippen MR) is 67.6 cm³/mol. The van der Waals surface area contributed by atoms with Gasteiger partial charge in [-0.2, -0.15) is 0 Å². The van der Waals surface area contributed by atoms with E-state index in [1.165, 1.54) is 55.5 Å². The summed E-state index contributed by atoms with van der Waals surface area (Å²) in [6.45, 7) is 1.87. The molecule has 2 nitrogen and oxygen atoms in total. The smallest absolute Gasteiger partial charge is 0.0405 e. The van der Waals surface area contributed by atoms with Crippen LogP contribution in [0.2, 0.25) is 0 Å². The van der Waals surface area contributed by atoms with Crippen LogP contribution in [0.4, 0.5) is 5.69 Å². The van der Waals surface area contributed by atoms with Gasteiger partial charge in [-0.15, -0.1) is 0 Å². The lowest BCUT2D eigenvalue weighted by Gasteiger charge is -2.27. The molecule has 2 N–H and O–H groups in total. The topological polar surface area (TPSA) is 29.3 Å². The van der Waals surface area contributed by atoms with Crippen molar-refractivity contribution in [1.29, 1.82) is 0 Å². The molecule has 1 aromatic carbocycles. The van der Waals surface area contributed by atoms with E-state index >= 15 is 0 Å². The lowest BCUT2D eigenvalue weighted by atomic mass is 10.1. The van der Waals surface area contributed by atoms with Crippen LogP contribution in [-0.2, 0) is 13.0 Å². The van der Waals surface area contributed by atoms with Crippen LogP contribution in [0.25, 0.3) is 0 Å². The number of nitrogens with two attached hydrogens (primary N) is 1. The summed E-state index contributed by atoms with van der Waals surface area (Å²) in [4.78, 5) is 2.63. The monoisotopic (exact) mass is 216 g/mol. The first-order chi connectivity index (χ1) is 7.88. The Hall–Kier alpha value is -1.02. The summed E-state index contributed by atoms with van der Waals surface area (Å²) < 4.78 is 0. The van der Waals surface area contributed by atoms with Crippen LogP contribution < -0.4 is 10.6 Å². The van der Waals surface area contributed by atoms with Crippen LogP contribution in [0.3, 0.4) is 0 Å². The molecule has 1 aromatic rings. The molecule has 1 heterocycles. The van der Waals surface area contributed by atoms with E-state index in [2.05, 4.69) is 23.1 Å². The van der Waals surface area contributed by atoms with E-state index in [1.54, 1.807) is 0 Å². The van der Waals surface area contributed by atoms with E-state index in [9.17, 15) is 0 Å². The van der Waals surface area contributed by atoms with Gasteiger partial charge < -0.3 is 10.6 Å². The zero-order valence-corrected chi connectivity index (χ0v) is 9.78. The van der Waals surface area contributed by atoms with Crippen LogP contribution in [0.15, 0.2) is 18.2 Å². The van der Waals surface area contributed by atoms with Crippen LogP contribution >= 0.6 is 0 Å². The average Bonchev–Trinajstić information content (AvgIpc) is 2.96. The first kappa shape index (κ1) is 10.2. The van der Waals surface area contributed by atoms with Gasteiger partial charge in [0.15, 0.2) is 0 Å². The number of rotatable bonds is 2. The summed E-state index contributed by atoms with van der Waals surface area (Å²) >= 11 is 0. The largest absolute Gasteiger partial charge is 0.368 e. The summed E-state index contributed by atoms with van der Waals surface area (Å²) in [6.07, 6.45) is 6.80. The van der Waals surface area contributed by atoms with E-state index < -0.39 is 0 Å². The average molecular weight is 216 g/mol. The van der Waals surface area contributed by atoms with Gasteiger partial charge in [0.05, 0.1) is 0 Å². The molecule has 1 saturated carbocycles. The molecule has 3 rings (SSSR count). The van der Waals surface area contributed by atoms with Gasteiger partial charge in [0.25, 0.3) is 0 Å². The second-order valence-corrected chi connectivity index (χ2v) is 5.05. The Bertz CT molecular complexity index is 380. The van der Waals surface area contributed by atoms with Crippen LogP contribution in [-0.4, -0.2) is 12.6 Å². The van der Waals surface area contributed by atoms with Gasteiger partial charge in [-0.25, -0.2) is 0 Å². The number of hydrogen-bond acceptors (Lipinski definition) is 2. The highest BCUT2D eigenvalue weighted by molar-refractivity contribution is 5.60. The van der Waals surface area contributed by atoms with Crippen molar-refractivity contribution >= 4 is 5.69 Å². The van der Waals surface area contributed by atoms with Crippen molar-refractivity contribution < 1.29 is 0 Å². The fraction of sp³-hybridized carbons (Fsp3) is 0.571. The molecule has 2 aliphatic rings. The first-order valence-corrected chi connectivity index (χ1v) is 6.47. The lowest BCUT2D eigenvalue weighted by molar-refractivity contribution is 0.625. The van der Waals surface area contributed by atoms with Crippen LogP contribution in [0, 0.1) is 0 Å². The van der Waals surface area contributed by atoms with Crippen molar-refractivity contribution in [3.05, 3.63) is 29.3 Å². The van der Waals surface area contributed by atoms with Crippen molar-refractivity contribution in [3.63, 3.8) is 0 Å². The molecule has 0 amide bonds. The summed E-state index contributed by atoms with van der Waals surface area (Å²) in [5, 5.41) is 0. The second kappa shape index (κ2) is 4.10. The molecule has 0 bridgehead atoms. The molecular formula is C14H20N2. The van der Waals surface area contributed by atoms with E-state index in [4.69, 9.17) is 5.73 Å². The van der Waals surface area contributed by atoms with E-state index in [-0.39, 0.29) is 0 Å². The Balaban J connectivity index is 1.90. The van der Waals surface area contributed by atoms with Crippen LogP contribution in [0.5, 0.6) is 0 Å². The Morgan fingerprint density at radius 3 is 2.81 bits per heavy atom. The molecule has 2 heteroatoms. The maximum Gasteiger partial charge on any atom is 0.0405 e. The van der Waals surface area contributed by atoms with Crippen molar-refractivity contribution in [3.8, 4) is 0 Å². The minimum Gasteiger partial charge on any atom is -0.368 e. The molecule has 0 atom stereocenters. The highest BCUT2D eigenvalue weighted by Gasteiger charge is 2.28. The van der Waals surface area contributed by atoms with Gasteiger partial charge in [-0.1, -0.05) is 25.0 Å². The van der Waals surface area contributed by atoms with Crippen molar-refractivity contribution in [2.45, 2.75) is 44.7 Å². The third kappa shape index (κ3) is 1.61. The highest BCUT2D eigenvalue weighted by atomic mass is 15.2. The second-order valence-electron chi connectivity index (χ2n) is 5.05. The molecule has 86 valence electrons. The predicted octanol–water partition coefficient (Wildman–Crippen LogP) is 2.45. The maximum atomic E-state index is 5.72. The Kier molecular flexibility index (Phi) is 2.60. The Morgan fingerprint density at radius 1 is 1.25 bits per heavy atom. The van der Waals surface area contributed by atoms with E-state index in [1.807, 2.05) is 0 Å². The number of nitrogens with zero attached hydrogens (tertiary/aromatic N) is 1. The molecular weight excluding hydrogens is 196 g/mol. The third-order valence-corrected chi connectivity index (χ3v) is 4.08. The highest BCUT2D eigenvalue weighted by Crippen LogP contribution is 2.35. The normalized spacial score (nSPS) is 20.4. The van der Waals surface area contributed by atoms with Gasteiger partial charge in [0, 0.05) is 24.8 Å². The van der Waals surface area contributed by atoms with Crippen molar-refractivity contribution in [2.24, 2.45) is 5.73 Å². The van der Waals surface area contributed by atoms with Crippen LogP contribution in [0.1, 0.15) is 36.8 Å². The van der Waals surface area contributed by atoms with Gasteiger partial charge in [0.1, 0.15) is 0 Å². The first-order valence-electron chi connectivity index (χ1n) is 6.47. The zero-order valence-electron chi connectivity index (χ0n) is 9.78. The third-order valence-electron chi connectivity index (χ3n) is 4.08. The van der Waals surface area contributed by atoms with Gasteiger partial charge in [-0.05, 0) is 36.5 Å². The minimum atomic E-state index is 0.659. The van der Waals surface area contributed by atoms with Gasteiger partial charge in [-0.3, -0.25) is 0 Å². The summed E-state index contributed by atoms with van der Waals surface area (Å²) in [5.41, 5.74) is 9.98. The van der Waals surface area contributed by atoms with Crippen molar-refractivity contribution in [1.82, 2.24) is 0 Å². The summed E-state index contributed by atoms with van der Waals surface area (Å²) in [7, 11) is 0. The molecule has 16 heavy (non-hydrogen) atoms. The molecule has 0 aromatic heterocycles. The van der Waals surface area contributed by atoms with Gasteiger partial charge >= 0.3 is 0 Å². The van der Waals surface area contributed by atoms with Crippen molar-refractivity contribution in [2.75, 3.05) is 11.4 Å². The number of anilines is 1. The fourth-order valence-corrected chi connectivity index (χ4v) is 3.17. The quantitative estimate of drug-likeness (QED) is 0.822. The molecule has 0 unspecified atom stereocenters. The Labute approximate surface area is 97.4 Å². The maximum absolute atomic E-state index is 5.72. The molecule has 1 aliphatic carbocycles. The molecule has 0 saturated heterocycles. The lowest BCUT2D eigenvalue weighted by Crippen LogP contribution is -2.31. The molecule has 0 radical (unpaired) electrons. The van der Waals surface area contributed by atoms with E-state index in [0.29, 0.717) is 6.54 Å². The standard InChI is InChI=1S/C14H20N2/c15-10-11-5-6-12-7-8-16(14(12)9-11)13-3-1-2-4-13/h5-6,9,13H,1-4,7-8,10,15H2. The SMILES string of the molecule is NCc1ccc2c(c1)N(C1CCCC1)CC2. The fourth-order valence-electron chi connectivity index (χ4n) is 3.17. The van der Waals surface area contributed by atoms with E-state index in [0.717, 1.165) is 6.04 Å². The number of benzene rings is 1. The summed E-state index contributed by atoms with van der Waals surface area (Å²) in [5.74, 6) is 0. The minimum absolute atomic E-state index is 0.659. The Morgan fingerprint density at radius 2 is 2.06 bits per heavy atom. The molecule has 0 spiro atoms.